The number of halogens is 3. The Labute approximate surface area is 115 Å². The molecule has 0 bridgehead atoms. The molecule has 1 aromatic heterocycles. The highest BCUT2D eigenvalue weighted by atomic mass is 19.4. The van der Waals surface area contributed by atoms with Crippen LogP contribution in [0.15, 0.2) is 30.5 Å². The lowest BCUT2D eigenvalue weighted by atomic mass is 10.2. The number of benzene rings is 1. The van der Waals surface area contributed by atoms with Crippen LogP contribution in [0.4, 0.5) is 13.2 Å². The molecule has 0 aliphatic carbocycles. The third-order valence-corrected chi connectivity index (χ3v) is 2.75. The molecule has 0 aliphatic heterocycles. The van der Waals surface area contributed by atoms with Crippen molar-refractivity contribution in [3.05, 3.63) is 41.7 Å². The molecule has 0 amide bonds. The highest BCUT2D eigenvalue weighted by Crippen LogP contribution is 2.32. The van der Waals surface area contributed by atoms with Gasteiger partial charge in [-0.25, -0.2) is 4.98 Å². The Kier molecular flexibility index (Phi) is 3.74. The summed E-state index contributed by atoms with van der Waals surface area (Å²) < 4.78 is 45.2. The largest absolute Gasteiger partial charge is 0.425 e. The fourth-order valence-corrected chi connectivity index (χ4v) is 1.78. The van der Waals surface area contributed by atoms with E-state index in [1.807, 2.05) is 13.8 Å². The number of nitrogens with zero attached hydrogens (tertiary/aromatic N) is 2. The van der Waals surface area contributed by atoms with Crippen molar-refractivity contribution in [1.82, 2.24) is 9.55 Å². The summed E-state index contributed by atoms with van der Waals surface area (Å²) in [6.45, 7) is 5.69. The third kappa shape index (κ3) is 3.12. The molecule has 0 N–H and O–H groups in total. The number of alkyl halides is 3. The van der Waals surface area contributed by atoms with Gasteiger partial charge in [-0.3, -0.25) is 4.57 Å². The molecule has 0 spiro atoms. The summed E-state index contributed by atoms with van der Waals surface area (Å²) in [5.41, 5.74) is 0.00931. The molecule has 6 heteroatoms. The molecule has 20 heavy (non-hydrogen) atoms. The fourth-order valence-electron chi connectivity index (χ4n) is 1.78. The average molecular weight is 284 g/mol. The van der Waals surface area contributed by atoms with Crippen LogP contribution in [0.25, 0.3) is 0 Å². The lowest BCUT2D eigenvalue weighted by molar-refractivity contribution is -0.137. The van der Waals surface area contributed by atoms with Crippen molar-refractivity contribution >= 4 is 0 Å². The van der Waals surface area contributed by atoms with Gasteiger partial charge >= 0.3 is 12.2 Å². The highest BCUT2D eigenvalue weighted by molar-refractivity contribution is 5.32. The van der Waals surface area contributed by atoms with Crippen molar-refractivity contribution < 1.29 is 17.9 Å². The first-order chi connectivity index (χ1) is 9.27. The molecule has 0 radical (unpaired) electrons. The summed E-state index contributed by atoms with van der Waals surface area (Å²) in [7, 11) is 0. The third-order valence-electron chi connectivity index (χ3n) is 2.75. The molecular formula is C14H15F3N2O. The van der Waals surface area contributed by atoms with E-state index in [1.165, 1.54) is 12.1 Å². The zero-order valence-corrected chi connectivity index (χ0v) is 11.4. The predicted octanol–water partition coefficient (Wildman–Crippen LogP) is 4.58. The van der Waals surface area contributed by atoms with Crippen LogP contribution >= 0.6 is 0 Å². The molecule has 3 nitrogen and oxygen atoms in total. The van der Waals surface area contributed by atoms with Crippen LogP contribution in [0.1, 0.15) is 31.1 Å². The van der Waals surface area contributed by atoms with Gasteiger partial charge in [0.05, 0.1) is 11.3 Å². The molecule has 0 fully saturated rings. The number of hydrogen-bond donors (Lipinski definition) is 0. The summed E-state index contributed by atoms with van der Waals surface area (Å²) >= 11 is 0. The van der Waals surface area contributed by atoms with Gasteiger partial charge in [0.2, 0.25) is 0 Å². The van der Waals surface area contributed by atoms with E-state index < -0.39 is 11.7 Å². The van der Waals surface area contributed by atoms with E-state index in [2.05, 4.69) is 4.98 Å². The predicted molar refractivity (Wildman–Crippen MR) is 68.9 cm³/mol. The van der Waals surface area contributed by atoms with Gasteiger partial charge in [0.25, 0.3) is 0 Å². The van der Waals surface area contributed by atoms with Crippen molar-refractivity contribution in [2.24, 2.45) is 0 Å². The number of aryl methyl sites for hydroxylation is 1. The van der Waals surface area contributed by atoms with E-state index in [9.17, 15) is 13.2 Å². The summed E-state index contributed by atoms with van der Waals surface area (Å²) in [6, 6.07) is 5.16. The van der Waals surface area contributed by atoms with Crippen molar-refractivity contribution in [2.45, 2.75) is 33.0 Å². The molecule has 0 aliphatic rings. The van der Waals surface area contributed by atoms with Gasteiger partial charge in [-0.2, -0.15) is 13.2 Å². The topological polar surface area (TPSA) is 27.1 Å². The highest BCUT2D eigenvalue weighted by Gasteiger charge is 2.30. The molecule has 0 unspecified atom stereocenters. The lowest BCUT2D eigenvalue weighted by Crippen LogP contribution is -2.05. The first-order valence-corrected chi connectivity index (χ1v) is 6.18. The first kappa shape index (κ1) is 14.4. The van der Waals surface area contributed by atoms with Crippen LogP contribution in [0, 0.1) is 6.92 Å². The second-order valence-corrected chi connectivity index (χ2v) is 4.79. The SMILES string of the molecule is Cc1cn(C(C)C)c(Oc2cccc(C(F)(F)F)c2)n1. The zero-order chi connectivity index (χ0) is 14.9. The minimum atomic E-state index is -4.39. The zero-order valence-electron chi connectivity index (χ0n) is 11.4. The average Bonchev–Trinajstić information content (AvgIpc) is 2.69. The Morgan fingerprint density at radius 2 is 1.95 bits per heavy atom. The van der Waals surface area contributed by atoms with Crippen LogP contribution in [-0.4, -0.2) is 9.55 Å². The fraction of sp³-hybridized carbons (Fsp3) is 0.357. The van der Waals surface area contributed by atoms with E-state index in [-0.39, 0.29) is 17.8 Å². The number of imidazole rings is 1. The van der Waals surface area contributed by atoms with E-state index in [4.69, 9.17) is 4.74 Å². The molecule has 0 atom stereocenters. The molecule has 1 aromatic carbocycles. The van der Waals surface area contributed by atoms with Crippen molar-refractivity contribution in [3.63, 3.8) is 0 Å². The standard InChI is InChI=1S/C14H15F3N2O/c1-9(2)19-8-10(3)18-13(19)20-12-6-4-5-11(7-12)14(15,16)17/h4-9H,1-3H3. The minimum Gasteiger partial charge on any atom is -0.425 e. The molecule has 2 rings (SSSR count). The summed E-state index contributed by atoms with van der Waals surface area (Å²) in [5, 5.41) is 0. The first-order valence-electron chi connectivity index (χ1n) is 6.18. The van der Waals surface area contributed by atoms with Gasteiger partial charge in [-0.15, -0.1) is 0 Å². The Hall–Kier alpha value is -1.98. The van der Waals surface area contributed by atoms with Crippen LogP contribution in [0.2, 0.25) is 0 Å². The van der Waals surface area contributed by atoms with Gasteiger partial charge in [0, 0.05) is 12.2 Å². The van der Waals surface area contributed by atoms with Crippen LogP contribution in [0.3, 0.4) is 0 Å². The Morgan fingerprint density at radius 1 is 1.25 bits per heavy atom. The number of hydrogen-bond acceptors (Lipinski definition) is 2. The van der Waals surface area contributed by atoms with Gasteiger partial charge in [-0.1, -0.05) is 6.07 Å². The summed E-state index contributed by atoms with van der Waals surface area (Å²) in [6.07, 6.45) is -2.59. The normalized spacial score (nSPS) is 11.9. The maximum absolute atomic E-state index is 12.6. The molecular weight excluding hydrogens is 269 g/mol. The Morgan fingerprint density at radius 3 is 2.55 bits per heavy atom. The van der Waals surface area contributed by atoms with E-state index in [0.29, 0.717) is 0 Å². The maximum atomic E-state index is 12.6. The summed E-state index contributed by atoms with van der Waals surface area (Å²) in [4.78, 5) is 4.18. The number of aromatic nitrogens is 2. The minimum absolute atomic E-state index is 0.108. The van der Waals surface area contributed by atoms with E-state index in [0.717, 1.165) is 17.8 Å². The summed E-state index contributed by atoms with van der Waals surface area (Å²) in [5.74, 6) is 0.118. The maximum Gasteiger partial charge on any atom is 0.416 e. The van der Waals surface area contributed by atoms with Crippen molar-refractivity contribution in [3.8, 4) is 11.8 Å². The van der Waals surface area contributed by atoms with E-state index >= 15 is 0 Å². The second-order valence-electron chi connectivity index (χ2n) is 4.79. The molecule has 2 aromatic rings. The molecule has 108 valence electrons. The smallest absolute Gasteiger partial charge is 0.416 e. The van der Waals surface area contributed by atoms with Gasteiger partial charge in [0.15, 0.2) is 0 Å². The Bertz CT molecular complexity index is 603. The van der Waals surface area contributed by atoms with E-state index in [1.54, 1.807) is 17.7 Å². The quantitative estimate of drug-likeness (QED) is 0.824. The van der Waals surface area contributed by atoms with Crippen LogP contribution in [-0.2, 0) is 6.18 Å². The Balaban J connectivity index is 2.31. The van der Waals surface area contributed by atoms with Crippen LogP contribution < -0.4 is 4.74 Å². The van der Waals surface area contributed by atoms with Gasteiger partial charge in [0.1, 0.15) is 5.75 Å². The number of ether oxygens (including phenoxy) is 1. The van der Waals surface area contributed by atoms with Gasteiger partial charge in [-0.05, 0) is 39.0 Å². The van der Waals surface area contributed by atoms with Gasteiger partial charge < -0.3 is 4.74 Å². The second kappa shape index (κ2) is 5.19. The van der Waals surface area contributed by atoms with Crippen molar-refractivity contribution in [1.29, 1.82) is 0 Å². The molecule has 0 saturated carbocycles. The lowest BCUT2D eigenvalue weighted by Gasteiger charge is -2.13. The van der Waals surface area contributed by atoms with Crippen LogP contribution in [0.5, 0.6) is 11.8 Å². The van der Waals surface area contributed by atoms with Crippen molar-refractivity contribution in [2.75, 3.05) is 0 Å². The molecule has 0 saturated heterocycles. The monoisotopic (exact) mass is 284 g/mol. The number of rotatable bonds is 3. The molecule has 1 heterocycles.